The fourth-order valence-corrected chi connectivity index (χ4v) is 3.24. The number of rotatable bonds is 6. The van der Waals surface area contributed by atoms with Crippen LogP contribution in [-0.2, 0) is 11.2 Å². The minimum absolute atomic E-state index is 0.0807. The van der Waals surface area contributed by atoms with Crippen molar-refractivity contribution in [1.82, 2.24) is 9.99 Å². The number of para-hydroxylation sites is 1. The summed E-state index contributed by atoms with van der Waals surface area (Å²) in [6, 6.07) is 20.4. The molecule has 3 aromatic rings. The van der Waals surface area contributed by atoms with E-state index >= 15 is 0 Å². The number of amides is 1. The molecule has 0 spiro atoms. The number of hydrazone groups is 1. The number of aryl methyl sites for hydroxylation is 3. The molecule has 0 saturated heterocycles. The molecule has 4 nitrogen and oxygen atoms in total. The van der Waals surface area contributed by atoms with E-state index in [1.807, 2.05) is 42.5 Å². The third kappa shape index (κ3) is 4.53. The zero-order valence-electron chi connectivity index (χ0n) is 16.1. The van der Waals surface area contributed by atoms with Gasteiger partial charge in [-0.25, -0.2) is 5.43 Å². The van der Waals surface area contributed by atoms with Crippen molar-refractivity contribution in [3.05, 3.63) is 88.7 Å². The largest absolute Gasteiger partial charge is 0.318 e. The topological polar surface area (TPSA) is 46.4 Å². The predicted octanol–water partition coefficient (Wildman–Crippen LogP) is 4.49. The van der Waals surface area contributed by atoms with Crippen LogP contribution in [-0.4, -0.2) is 16.7 Å². The molecule has 0 atom stereocenters. The molecule has 4 heteroatoms. The van der Waals surface area contributed by atoms with Crippen LogP contribution < -0.4 is 5.43 Å². The molecule has 0 aliphatic carbocycles. The number of nitrogens with one attached hydrogen (secondary N) is 1. The Hall–Kier alpha value is -3.14. The molecule has 27 heavy (non-hydrogen) atoms. The first-order valence-electron chi connectivity index (χ1n) is 9.17. The Bertz CT molecular complexity index is 955. The third-order valence-electron chi connectivity index (χ3n) is 4.70. The highest BCUT2D eigenvalue weighted by Crippen LogP contribution is 2.22. The second-order valence-electron chi connectivity index (χ2n) is 6.73. The molecule has 3 rings (SSSR count). The van der Waals surface area contributed by atoms with Crippen LogP contribution in [0.25, 0.3) is 5.69 Å². The lowest BCUT2D eigenvalue weighted by atomic mass is 10.1. The predicted molar refractivity (Wildman–Crippen MR) is 110 cm³/mol. The molecule has 138 valence electrons. The standard InChI is InChI=1S/C23H25N3O/c1-17-9-7-8-12-22(17)26-18(2)15-21(19(26)3)16-24-25-23(27)14-13-20-10-5-4-6-11-20/h4-12,15-16H,13-14H2,1-3H3,(H,25,27)/b24-16-. The summed E-state index contributed by atoms with van der Waals surface area (Å²) < 4.78 is 2.22. The van der Waals surface area contributed by atoms with Crippen LogP contribution in [0.1, 0.15) is 34.5 Å². The van der Waals surface area contributed by atoms with Gasteiger partial charge in [0.1, 0.15) is 0 Å². The minimum atomic E-state index is -0.0807. The number of aromatic nitrogens is 1. The molecule has 0 unspecified atom stereocenters. The summed E-state index contributed by atoms with van der Waals surface area (Å²) in [6.07, 6.45) is 2.85. The van der Waals surface area contributed by atoms with Gasteiger partial charge in [0.2, 0.25) is 5.91 Å². The van der Waals surface area contributed by atoms with Gasteiger partial charge in [-0.15, -0.1) is 0 Å². The van der Waals surface area contributed by atoms with E-state index in [1.54, 1.807) is 6.21 Å². The Morgan fingerprint density at radius 2 is 1.74 bits per heavy atom. The van der Waals surface area contributed by atoms with Gasteiger partial charge in [-0.3, -0.25) is 4.79 Å². The van der Waals surface area contributed by atoms with Gasteiger partial charge in [-0.1, -0.05) is 48.5 Å². The van der Waals surface area contributed by atoms with Crippen molar-refractivity contribution in [2.24, 2.45) is 5.10 Å². The van der Waals surface area contributed by atoms with Crippen LogP contribution in [0.4, 0.5) is 0 Å². The van der Waals surface area contributed by atoms with E-state index in [2.05, 4.69) is 54.1 Å². The van der Waals surface area contributed by atoms with E-state index in [0.717, 1.165) is 22.5 Å². The number of hydrogen-bond donors (Lipinski definition) is 1. The van der Waals surface area contributed by atoms with Gasteiger partial charge in [0.15, 0.2) is 0 Å². The molecule has 2 aromatic carbocycles. The van der Waals surface area contributed by atoms with Gasteiger partial charge in [-0.2, -0.15) is 5.10 Å². The first kappa shape index (κ1) is 18.6. The highest BCUT2D eigenvalue weighted by Gasteiger charge is 2.11. The van der Waals surface area contributed by atoms with Crippen molar-refractivity contribution in [2.75, 3.05) is 0 Å². The molecule has 0 aliphatic rings. The second-order valence-corrected chi connectivity index (χ2v) is 6.73. The summed E-state index contributed by atoms with van der Waals surface area (Å²) in [6.45, 7) is 6.25. The van der Waals surface area contributed by atoms with E-state index in [4.69, 9.17) is 0 Å². The summed E-state index contributed by atoms with van der Waals surface area (Å²) in [5.74, 6) is -0.0807. The smallest absolute Gasteiger partial charge is 0.240 e. The molecule has 0 fully saturated rings. The monoisotopic (exact) mass is 359 g/mol. The highest BCUT2D eigenvalue weighted by molar-refractivity contribution is 5.84. The Morgan fingerprint density at radius 3 is 2.48 bits per heavy atom. The highest BCUT2D eigenvalue weighted by atomic mass is 16.2. The maximum Gasteiger partial charge on any atom is 0.240 e. The van der Waals surface area contributed by atoms with Crippen molar-refractivity contribution in [1.29, 1.82) is 0 Å². The van der Waals surface area contributed by atoms with Gasteiger partial charge in [0.05, 0.1) is 6.21 Å². The minimum Gasteiger partial charge on any atom is -0.318 e. The van der Waals surface area contributed by atoms with Crippen LogP contribution in [0.5, 0.6) is 0 Å². The van der Waals surface area contributed by atoms with Crippen LogP contribution in [0.3, 0.4) is 0 Å². The zero-order valence-corrected chi connectivity index (χ0v) is 16.1. The molecule has 1 heterocycles. The quantitative estimate of drug-likeness (QED) is 0.512. The lowest BCUT2D eigenvalue weighted by Crippen LogP contribution is -2.17. The summed E-state index contributed by atoms with van der Waals surface area (Å²) >= 11 is 0. The number of carbonyl (C=O) groups excluding carboxylic acids is 1. The molecule has 0 bridgehead atoms. The van der Waals surface area contributed by atoms with E-state index < -0.39 is 0 Å². The molecule has 0 aliphatic heterocycles. The van der Waals surface area contributed by atoms with E-state index in [9.17, 15) is 4.79 Å². The van der Waals surface area contributed by atoms with Crippen LogP contribution in [0.2, 0.25) is 0 Å². The Balaban J connectivity index is 1.65. The summed E-state index contributed by atoms with van der Waals surface area (Å²) in [4.78, 5) is 12.0. The maximum atomic E-state index is 12.0. The average Bonchev–Trinajstić information content (AvgIpc) is 2.95. The van der Waals surface area contributed by atoms with Crippen LogP contribution >= 0.6 is 0 Å². The first-order chi connectivity index (χ1) is 13.1. The summed E-state index contributed by atoms with van der Waals surface area (Å²) in [7, 11) is 0. The Morgan fingerprint density at radius 1 is 1.04 bits per heavy atom. The lowest BCUT2D eigenvalue weighted by molar-refractivity contribution is -0.121. The zero-order chi connectivity index (χ0) is 19.2. The van der Waals surface area contributed by atoms with E-state index in [-0.39, 0.29) is 5.91 Å². The van der Waals surface area contributed by atoms with Crippen LogP contribution in [0.15, 0.2) is 65.8 Å². The van der Waals surface area contributed by atoms with E-state index in [1.165, 1.54) is 11.3 Å². The lowest BCUT2D eigenvalue weighted by Gasteiger charge is -2.12. The number of nitrogens with zero attached hydrogens (tertiary/aromatic N) is 2. The van der Waals surface area contributed by atoms with Crippen molar-refractivity contribution in [3.8, 4) is 5.69 Å². The molecule has 0 radical (unpaired) electrons. The van der Waals surface area contributed by atoms with Crippen molar-refractivity contribution in [3.63, 3.8) is 0 Å². The maximum absolute atomic E-state index is 12.0. The molecular weight excluding hydrogens is 334 g/mol. The van der Waals surface area contributed by atoms with Crippen molar-refractivity contribution in [2.45, 2.75) is 33.6 Å². The number of benzene rings is 2. The fraction of sp³-hybridized carbons (Fsp3) is 0.217. The van der Waals surface area contributed by atoms with Crippen LogP contribution in [0, 0.1) is 20.8 Å². The van der Waals surface area contributed by atoms with Gasteiger partial charge >= 0.3 is 0 Å². The third-order valence-corrected chi connectivity index (χ3v) is 4.70. The molecular formula is C23H25N3O. The van der Waals surface area contributed by atoms with Gasteiger partial charge in [0.25, 0.3) is 0 Å². The van der Waals surface area contributed by atoms with E-state index in [0.29, 0.717) is 12.8 Å². The van der Waals surface area contributed by atoms with Gasteiger partial charge in [-0.05, 0) is 50.5 Å². The fourth-order valence-electron chi connectivity index (χ4n) is 3.24. The van der Waals surface area contributed by atoms with Gasteiger partial charge < -0.3 is 4.57 Å². The normalized spacial score (nSPS) is 11.1. The number of carbonyl (C=O) groups is 1. The van der Waals surface area contributed by atoms with Gasteiger partial charge in [0, 0.05) is 29.1 Å². The second kappa shape index (κ2) is 8.49. The Kier molecular flexibility index (Phi) is 5.87. The molecule has 1 aromatic heterocycles. The molecule has 1 amide bonds. The number of hydrogen-bond acceptors (Lipinski definition) is 2. The van der Waals surface area contributed by atoms with Crippen molar-refractivity contribution >= 4 is 12.1 Å². The average molecular weight is 359 g/mol. The first-order valence-corrected chi connectivity index (χ1v) is 9.17. The SMILES string of the molecule is Cc1ccccc1-n1c(C)cc(/C=N\NC(=O)CCc2ccccc2)c1C. The van der Waals surface area contributed by atoms with Crippen molar-refractivity contribution < 1.29 is 4.79 Å². The molecule has 1 N–H and O–H groups in total. The summed E-state index contributed by atoms with van der Waals surface area (Å²) in [5, 5.41) is 4.15. The summed E-state index contributed by atoms with van der Waals surface area (Å²) in [5.41, 5.74) is 9.40. The molecule has 0 saturated carbocycles. The Labute approximate surface area is 160 Å².